The second-order valence-electron chi connectivity index (χ2n) is 8.08. The third-order valence-electron chi connectivity index (χ3n) is 6.18. The molecular weight excluding hydrogens is 408 g/mol. The first-order valence-corrected chi connectivity index (χ1v) is 10.2. The van der Waals surface area contributed by atoms with Crippen LogP contribution in [-0.4, -0.2) is 38.2 Å². The first kappa shape index (κ1) is 19.2. The maximum Gasteiger partial charge on any atom is 0.275 e. The van der Waals surface area contributed by atoms with Crippen LogP contribution >= 0.6 is 11.6 Å². The maximum absolute atomic E-state index is 13.1. The van der Waals surface area contributed by atoms with Crippen molar-refractivity contribution in [2.24, 2.45) is 5.92 Å². The Morgan fingerprint density at radius 3 is 2.83 bits per heavy atom. The van der Waals surface area contributed by atoms with E-state index in [4.69, 9.17) is 16.8 Å². The normalized spacial score (nSPS) is 20.3. The summed E-state index contributed by atoms with van der Waals surface area (Å²) in [5.74, 6) is 0.177. The molecule has 2 bridgehead atoms. The van der Waals surface area contributed by atoms with Gasteiger partial charge in [-0.25, -0.2) is 0 Å². The average Bonchev–Trinajstić information content (AvgIpc) is 3.10. The Labute approximate surface area is 177 Å². The van der Waals surface area contributed by atoms with E-state index in [1.807, 2.05) is 39.9 Å². The lowest BCUT2D eigenvalue weighted by atomic mass is 9.83. The monoisotopic (exact) mass is 427 g/mol. The van der Waals surface area contributed by atoms with Gasteiger partial charge in [0.2, 0.25) is 5.91 Å². The fourth-order valence-electron chi connectivity index (χ4n) is 4.82. The van der Waals surface area contributed by atoms with Gasteiger partial charge in [-0.2, -0.15) is 0 Å². The summed E-state index contributed by atoms with van der Waals surface area (Å²) in [5, 5.41) is 21.6. The zero-order chi connectivity index (χ0) is 21.0. The van der Waals surface area contributed by atoms with Crippen molar-refractivity contribution in [2.45, 2.75) is 25.4 Å². The van der Waals surface area contributed by atoms with E-state index < -0.39 is 5.56 Å². The van der Waals surface area contributed by atoms with Crippen molar-refractivity contribution >= 4 is 34.1 Å². The van der Waals surface area contributed by atoms with Gasteiger partial charge in [0, 0.05) is 48.0 Å². The molecule has 8 nitrogen and oxygen atoms in total. The minimum Gasteiger partial charge on any atom is -0.733 e. The van der Waals surface area contributed by atoms with Crippen LogP contribution in [0.2, 0.25) is 5.02 Å². The number of aromatic nitrogens is 2. The number of nitrogens with zero attached hydrogens (tertiary/aromatic N) is 4. The number of piperidine rings is 1. The quantitative estimate of drug-likeness (QED) is 0.649. The molecule has 0 radical (unpaired) electrons. The topological polar surface area (TPSA) is 93.8 Å². The van der Waals surface area contributed by atoms with Gasteiger partial charge >= 0.3 is 0 Å². The smallest absolute Gasteiger partial charge is 0.275 e. The van der Waals surface area contributed by atoms with Crippen LogP contribution in [0.5, 0.6) is 0 Å². The van der Waals surface area contributed by atoms with Crippen LogP contribution < -0.4 is 10.8 Å². The Morgan fingerprint density at radius 1 is 1.20 bits per heavy atom. The highest BCUT2D eigenvalue weighted by Gasteiger charge is 2.36. The number of carbonyl (C=O) groups excluding carboxylic acids is 1. The Morgan fingerprint density at radius 2 is 2.03 bits per heavy atom. The molecule has 3 aromatic rings. The van der Waals surface area contributed by atoms with Crippen LogP contribution in [0.25, 0.3) is 10.9 Å². The number of likely N-dealkylation sites (tertiary alicyclic amines) is 1. The summed E-state index contributed by atoms with van der Waals surface area (Å²) in [6.07, 6.45) is 2.79. The summed E-state index contributed by atoms with van der Waals surface area (Å²) in [4.78, 5) is 27.5. The highest BCUT2D eigenvalue weighted by atomic mass is 35.5. The van der Waals surface area contributed by atoms with Crippen molar-refractivity contribution in [2.75, 3.05) is 18.3 Å². The maximum atomic E-state index is 13.1. The average molecular weight is 428 g/mol. The van der Waals surface area contributed by atoms with E-state index in [1.165, 1.54) is 6.07 Å². The lowest BCUT2D eigenvalue weighted by Gasteiger charge is -2.43. The second kappa shape index (κ2) is 7.16. The molecule has 0 saturated carbocycles. The van der Waals surface area contributed by atoms with Crippen LogP contribution in [0.15, 0.2) is 47.4 Å². The number of fused-ring (bicyclic) bond motifs is 5. The molecule has 2 aromatic heterocycles. The van der Waals surface area contributed by atoms with Gasteiger partial charge < -0.3 is 24.5 Å². The number of halogens is 1. The van der Waals surface area contributed by atoms with E-state index in [0.717, 1.165) is 23.0 Å². The zero-order valence-corrected chi connectivity index (χ0v) is 16.8. The molecule has 1 aromatic carbocycles. The van der Waals surface area contributed by atoms with E-state index in [0.29, 0.717) is 24.7 Å². The van der Waals surface area contributed by atoms with Crippen molar-refractivity contribution in [3.05, 3.63) is 68.9 Å². The fraction of sp³-hybridized carbons (Fsp3) is 0.333. The second-order valence-corrected chi connectivity index (χ2v) is 8.51. The Hall–Kier alpha value is -2.81. The fourth-order valence-corrected chi connectivity index (χ4v) is 4.99. The lowest BCUT2D eigenvalue weighted by Crippen LogP contribution is -2.50. The first-order valence-electron chi connectivity index (χ1n) is 9.83. The molecule has 1 saturated heterocycles. The van der Waals surface area contributed by atoms with Crippen molar-refractivity contribution in [1.82, 2.24) is 14.0 Å². The number of carbonyl (C=O) groups is 1. The Kier molecular flexibility index (Phi) is 4.57. The van der Waals surface area contributed by atoms with Crippen LogP contribution in [0, 0.1) is 11.1 Å². The van der Waals surface area contributed by atoms with Crippen LogP contribution in [0.4, 0.5) is 5.69 Å². The number of anilines is 1. The van der Waals surface area contributed by atoms with E-state index in [9.17, 15) is 14.8 Å². The SMILES string of the molecule is O=C(Cn1ccc2ccc(Cl)cc21)N1CC2C[C@@H](C1)Cn1c2ccc(N([O-])O)c1=O. The predicted octanol–water partition coefficient (Wildman–Crippen LogP) is 2.80. The van der Waals surface area contributed by atoms with Crippen molar-refractivity contribution < 1.29 is 10.0 Å². The molecule has 1 amide bonds. The first-order chi connectivity index (χ1) is 14.4. The van der Waals surface area contributed by atoms with Gasteiger partial charge in [0.05, 0.1) is 0 Å². The molecule has 1 N–H and O–H groups in total. The molecule has 1 unspecified atom stereocenters. The number of hydrogen-bond acceptors (Lipinski definition) is 5. The molecule has 30 heavy (non-hydrogen) atoms. The van der Waals surface area contributed by atoms with E-state index in [2.05, 4.69) is 0 Å². The highest BCUT2D eigenvalue weighted by molar-refractivity contribution is 6.31. The lowest BCUT2D eigenvalue weighted by molar-refractivity contribution is -0.134. The van der Waals surface area contributed by atoms with E-state index in [-0.39, 0.29) is 35.2 Å². The third kappa shape index (κ3) is 3.17. The van der Waals surface area contributed by atoms with Gasteiger partial charge in [-0.05, 0) is 48.1 Å². The molecule has 2 aliphatic rings. The van der Waals surface area contributed by atoms with Crippen molar-refractivity contribution in [1.29, 1.82) is 0 Å². The number of pyridine rings is 1. The minimum atomic E-state index is -0.491. The number of rotatable bonds is 3. The van der Waals surface area contributed by atoms with Gasteiger partial charge in [-0.3, -0.25) is 14.8 Å². The number of amides is 1. The van der Waals surface area contributed by atoms with E-state index in [1.54, 1.807) is 10.6 Å². The Bertz CT molecular complexity index is 1200. The standard InChI is InChI=1S/C21H20ClN4O4/c22-16-2-1-14-5-6-23(19(14)8-16)12-20(27)24-9-13-7-15(11-24)17-3-4-18(26(29)30)21(28)25(17)10-13/h1-6,8,13,15,29H,7,9-12H2/q-1/t13-,15?/m0/s1. The van der Waals surface area contributed by atoms with Crippen LogP contribution in [-0.2, 0) is 17.9 Å². The molecule has 2 aliphatic heterocycles. The summed E-state index contributed by atoms with van der Waals surface area (Å²) < 4.78 is 3.47. The molecule has 1 fully saturated rings. The molecular formula is C21H20ClN4O4-. The third-order valence-corrected chi connectivity index (χ3v) is 6.42. The Balaban J connectivity index is 1.38. The van der Waals surface area contributed by atoms with Gasteiger partial charge in [-0.1, -0.05) is 17.7 Å². The van der Waals surface area contributed by atoms with Gasteiger partial charge in [-0.15, -0.1) is 0 Å². The predicted molar refractivity (Wildman–Crippen MR) is 113 cm³/mol. The summed E-state index contributed by atoms with van der Waals surface area (Å²) in [6, 6.07) is 10.6. The highest BCUT2D eigenvalue weighted by Crippen LogP contribution is 2.35. The largest absolute Gasteiger partial charge is 0.733 e. The van der Waals surface area contributed by atoms with Gasteiger partial charge in [0.15, 0.2) is 0 Å². The molecule has 0 aliphatic carbocycles. The molecule has 0 spiro atoms. The minimum absolute atomic E-state index is 0.0238. The zero-order valence-electron chi connectivity index (χ0n) is 16.1. The molecule has 5 rings (SSSR count). The number of hydrogen-bond donors (Lipinski definition) is 1. The molecule has 9 heteroatoms. The molecule has 2 atom stereocenters. The van der Waals surface area contributed by atoms with Gasteiger partial charge in [0.25, 0.3) is 5.56 Å². The summed E-state index contributed by atoms with van der Waals surface area (Å²) in [6.45, 7) is 1.74. The van der Waals surface area contributed by atoms with Crippen LogP contribution in [0.1, 0.15) is 18.0 Å². The summed E-state index contributed by atoms with van der Waals surface area (Å²) >= 11 is 6.11. The van der Waals surface area contributed by atoms with E-state index >= 15 is 0 Å². The van der Waals surface area contributed by atoms with Crippen LogP contribution in [0.3, 0.4) is 0 Å². The summed E-state index contributed by atoms with van der Waals surface area (Å²) in [5.41, 5.74) is 0.946. The number of benzene rings is 1. The summed E-state index contributed by atoms with van der Waals surface area (Å²) in [7, 11) is 0. The molecule has 156 valence electrons. The molecule has 4 heterocycles. The van der Waals surface area contributed by atoms with Gasteiger partial charge in [0.1, 0.15) is 12.2 Å². The van der Waals surface area contributed by atoms with Crippen molar-refractivity contribution in [3.8, 4) is 0 Å². The van der Waals surface area contributed by atoms with Crippen molar-refractivity contribution in [3.63, 3.8) is 0 Å².